The average Bonchev–Trinajstić information content (AvgIpc) is 2.81. The normalized spacial score (nSPS) is 17.1. The molecule has 1 unspecified atom stereocenters. The van der Waals surface area contributed by atoms with E-state index in [2.05, 4.69) is 24.3 Å². The van der Waals surface area contributed by atoms with Gasteiger partial charge in [0.15, 0.2) is 0 Å². The molecule has 3 rings (SSSR count). The lowest BCUT2D eigenvalue weighted by molar-refractivity contribution is 0.294. The molecule has 0 bridgehead atoms. The van der Waals surface area contributed by atoms with Crippen LogP contribution in [0.25, 0.3) is 0 Å². The number of hydrogen-bond donors (Lipinski definition) is 0. The second-order valence-electron chi connectivity index (χ2n) is 5.23. The molecule has 0 fully saturated rings. The van der Waals surface area contributed by atoms with Gasteiger partial charge in [-0.05, 0) is 48.7 Å². The summed E-state index contributed by atoms with van der Waals surface area (Å²) in [4.78, 5) is 1.39. The number of thioether (sulfide) groups is 1. The van der Waals surface area contributed by atoms with Gasteiger partial charge in [-0.15, -0.1) is 11.8 Å². The standard InChI is InChI=1S/C17H17ClOS/c1-11-7-14(18)8-12(2)17(11)19-9-13-10-20-16-6-4-3-5-15(13)16/h3-8,13H,9-10H2,1-2H3. The van der Waals surface area contributed by atoms with Gasteiger partial charge in [-0.3, -0.25) is 0 Å². The minimum absolute atomic E-state index is 0.477. The van der Waals surface area contributed by atoms with E-state index in [1.54, 1.807) is 0 Å². The van der Waals surface area contributed by atoms with Gasteiger partial charge >= 0.3 is 0 Å². The molecule has 0 saturated heterocycles. The molecule has 0 aliphatic carbocycles. The maximum Gasteiger partial charge on any atom is 0.125 e. The van der Waals surface area contributed by atoms with Crippen molar-refractivity contribution in [1.82, 2.24) is 0 Å². The Morgan fingerprint density at radius 3 is 2.65 bits per heavy atom. The molecule has 3 heteroatoms. The summed E-state index contributed by atoms with van der Waals surface area (Å²) in [5.41, 5.74) is 3.63. The molecule has 20 heavy (non-hydrogen) atoms. The van der Waals surface area contributed by atoms with Crippen molar-refractivity contribution in [2.45, 2.75) is 24.7 Å². The fourth-order valence-corrected chi connectivity index (χ4v) is 4.24. The van der Waals surface area contributed by atoms with Crippen LogP contribution >= 0.6 is 23.4 Å². The molecule has 0 saturated carbocycles. The summed E-state index contributed by atoms with van der Waals surface area (Å²) in [6, 6.07) is 12.5. The average molecular weight is 305 g/mol. The van der Waals surface area contributed by atoms with E-state index in [-0.39, 0.29) is 0 Å². The Morgan fingerprint density at radius 1 is 1.20 bits per heavy atom. The summed E-state index contributed by atoms with van der Waals surface area (Å²) in [5, 5.41) is 0.772. The van der Waals surface area contributed by atoms with E-state index in [4.69, 9.17) is 16.3 Å². The van der Waals surface area contributed by atoms with Crippen LogP contribution in [-0.2, 0) is 0 Å². The molecule has 104 valence electrons. The second-order valence-corrected chi connectivity index (χ2v) is 6.72. The molecule has 0 spiro atoms. The lowest BCUT2D eigenvalue weighted by Crippen LogP contribution is -2.11. The highest BCUT2D eigenvalue weighted by atomic mass is 35.5. The smallest absolute Gasteiger partial charge is 0.125 e. The highest BCUT2D eigenvalue weighted by Gasteiger charge is 2.23. The fourth-order valence-electron chi connectivity index (χ4n) is 2.68. The molecule has 2 aromatic carbocycles. The zero-order valence-corrected chi connectivity index (χ0v) is 13.2. The molecular weight excluding hydrogens is 288 g/mol. The van der Waals surface area contributed by atoms with E-state index in [9.17, 15) is 0 Å². The van der Waals surface area contributed by atoms with Crippen LogP contribution in [0.4, 0.5) is 0 Å². The SMILES string of the molecule is Cc1cc(Cl)cc(C)c1OCC1CSc2ccccc21. The van der Waals surface area contributed by atoms with Crippen molar-refractivity contribution < 1.29 is 4.74 Å². The summed E-state index contributed by atoms with van der Waals surface area (Å²) >= 11 is 7.98. The first-order valence-corrected chi connectivity index (χ1v) is 8.13. The quantitative estimate of drug-likeness (QED) is 0.768. The first-order chi connectivity index (χ1) is 9.65. The van der Waals surface area contributed by atoms with E-state index >= 15 is 0 Å². The molecule has 1 heterocycles. The highest BCUT2D eigenvalue weighted by Crippen LogP contribution is 2.40. The summed E-state index contributed by atoms with van der Waals surface area (Å²) in [6.07, 6.45) is 0. The molecular formula is C17H17ClOS. The fraction of sp³-hybridized carbons (Fsp3) is 0.294. The van der Waals surface area contributed by atoms with Gasteiger partial charge in [-0.1, -0.05) is 29.8 Å². The van der Waals surface area contributed by atoms with E-state index in [0.29, 0.717) is 5.92 Å². The molecule has 2 aromatic rings. The number of aryl methyl sites for hydroxylation is 2. The Labute approximate surface area is 129 Å². The third kappa shape index (κ3) is 2.68. The Morgan fingerprint density at radius 2 is 1.90 bits per heavy atom. The molecule has 1 atom stereocenters. The number of halogens is 1. The Hall–Kier alpha value is -1.12. The van der Waals surface area contributed by atoms with Gasteiger partial charge in [0.25, 0.3) is 0 Å². The van der Waals surface area contributed by atoms with Gasteiger partial charge in [0.05, 0.1) is 6.61 Å². The van der Waals surface area contributed by atoms with E-state index in [0.717, 1.165) is 34.3 Å². The van der Waals surface area contributed by atoms with Crippen LogP contribution in [0, 0.1) is 13.8 Å². The number of benzene rings is 2. The molecule has 1 aliphatic heterocycles. The van der Waals surface area contributed by atoms with Crippen LogP contribution in [0.3, 0.4) is 0 Å². The summed E-state index contributed by atoms with van der Waals surface area (Å²) in [6.45, 7) is 4.82. The number of fused-ring (bicyclic) bond motifs is 1. The maximum atomic E-state index is 6.09. The minimum Gasteiger partial charge on any atom is -0.492 e. The summed E-state index contributed by atoms with van der Waals surface area (Å²) in [7, 11) is 0. The largest absolute Gasteiger partial charge is 0.492 e. The van der Waals surface area contributed by atoms with Crippen LogP contribution < -0.4 is 4.74 Å². The molecule has 0 aromatic heterocycles. The van der Waals surface area contributed by atoms with Crippen LogP contribution in [0.15, 0.2) is 41.3 Å². The summed E-state index contributed by atoms with van der Waals surface area (Å²) in [5.74, 6) is 2.56. The van der Waals surface area contributed by atoms with Crippen molar-refractivity contribution in [1.29, 1.82) is 0 Å². The first kappa shape index (κ1) is 13.8. The monoisotopic (exact) mass is 304 g/mol. The van der Waals surface area contributed by atoms with Gasteiger partial charge in [-0.25, -0.2) is 0 Å². The van der Waals surface area contributed by atoms with Crippen molar-refractivity contribution in [2.24, 2.45) is 0 Å². The zero-order chi connectivity index (χ0) is 14.1. The molecule has 1 nitrogen and oxygen atoms in total. The van der Waals surface area contributed by atoms with Crippen LogP contribution in [-0.4, -0.2) is 12.4 Å². The minimum atomic E-state index is 0.477. The van der Waals surface area contributed by atoms with Gasteiger partial charge in [-0.2, -0.15) is 0 Å². The van der Waals surface area contributed by atoms with E-state index < -0.39 is 0 Å². The Balaban J connectivity index is 1.76. The van der Waals surface area contributed by atoms with Crippen LogP contribution in [0.2, 0.25) is 5.02 Å². The third-order valence-electron chi connectivity index (χ3n) is 3.65. The van der Waals surface area contributed by atoms with Gasteiger partial charge in [0, 0.05) is 21.6 Å². The topological polar surface area (TPSA) is 9.23 Å². The predicted molar refractivity (Wildman–Crippen MR) is 86.3 cm³/mol. The molecule has 1 aliphatic rings. The van der Waals surface area contributed by atoms with Crippen molar-refractivity contribution in [2.75, 3.05) is 12.4 Å². The van der Waals surface area contributed by atoms with Crippen LogP contribution in [0.5, 0.6) is 5.75 Å². The number of hydrogen-bond acceptors (Lipinski definition) is 2. The van der Waals surface area contributed by atoms with Crippen molar-refractivity contribution in [3.63, 3.8) is 0 Å². The highest BCUT2D eigenvalue weighted by molar-refractivity contribution is 7.99. The van der Waals surface area contributed by atoms with Crippen molar-refractivity contribution >= 4 is 23.4 Å². The molecule has 0 radical (unpaired) electrons. The number of rotatable bonds is 3. The summed E-state index contributed by atoms with van der Waals surface area (Å²) < 4.78 is 6.09. The molecule has 0 N–H and O–H groups in total. The van der Waals surface area contributed by atoms with E-state index in [1.165, 1.54) is 10.5 Å². The molecule has 0 amide bonds. The lowest BCUT2D eigenvalue weighted by Gasteiger charge is -2.16. The van der Waals surface area contributed by atoms with Gasteiger partial charge in [0.1, 0.15) is 5.75 Å². The van der Waals surface area contributed by atoms with Crippen LogP contribution in [0.1, 0.15) is 22.6 Å². The van der Waals surface area contributed by atoms with E-state index in [1.807, 2.05) is 37.7 Å². The lowest BCUT2D eigenvalue weighted by atomic mass is 10.0. The zero-order valence-electron chi connectivity index (χ0n) is 11.7. The maximum absolute atomic E-state index is 6.09. The number of ether oxygens (including phenoxy) is 1. The van der Waals surface area contributed by atoms with Crippen molar-refractivity contribution in [3.05, 3.63) is 58.1 Å². The van der Waals surface area contributed by atoms with Gasteiger partial charge in [0.2, 0.25) is 0 Å². The Bertz CT molecular complexity index is 616. The Kier molecular flexibility index (Phi) is 3.95. The predicted octanol–water partition coefficient (Wildman–Crippen LogP) is 5.23. The third-order valence-corrected chi connectivity index (χ3v) is 5.12. The second kappa shape index (κ2) is 5.71. The van der Waals surface area contributed by atoms with Gasteiger partial charge < -0.3 is 4.74 Å². The first-order valence-electron chi connectivity index (χ1n) is 6.76. The van der Waals surface area contributed by atoms with Crippen molar-refractivity contribution in [3.8, 4) is 5.75 Å².